The normalized spacial score (nSPS) is 18.7. The Balaban J connectivity index is 1.51. The molecule has 0 aliphatic heterocycles. The van der Waals surface area contributed by atoms with Crippen LogP contribution in [0.4, 0.5) is 23.2 Å². The molecule has 1 aromatic heterocycles. The summed E-state index contributed by atoms with van der Waals surface area (Å²) in [5.74, 6) is -1.04. The first-order valence-corrected chi connectivity index (χ1v) is 13.3. The summed E-state index contributed by atoms with van der Waals surface area (Å²) in [7, 11) is -3.54. The first-order chi connectivity index (χ1) is 16.8. The molecule has 0 unspecified atom stereocenters. The maximum atomic E-state index is 13.8. The summed E-state index contributed by atoms with van der Waals surface area (Å²) in [5.41, 5.74) is -0.761. The fourth-order valence-corrected chi connectivity index (χ4v) is 5.68. The number of aromatic nitrogens is 1. The number of hydrogen-bond donors (Lipinski definition) is 2. The van der Waals surface area contributed by atoms with Crippen LogP contribution in [0.1, 0.15) is 41.7 Å². The van der Waals surface area contributed by atoms with Crippen molar-refractivity contribution in [3.05, 3.63) is 64.6 Å². The van der Waals surface area contributed by atoms with Crippen molar-refractivity contribution >= 4 is 43.9 Å². The minimum Gasteiger partial charge on any atom is -0.382 e. The number of pyridine rings is 1. The van der Waals surface area contributed by atoms with Gasteiger partial charge >= 0.3 is 6.18 Å². The van der Waals surface area contributed by atoms with E-state index in [0.29, 0.717) is 25.7 Å². The second kappa shape index (κ2) is 9.85. The average molecular weight is 544 g/mol. The topological polar surface area (TPSA) is 88.2 Å². The van der Waals surface area contributed by atoms with Crippen molar-refractivity contribution in [2.45, 2.75) is 48.8 Å². The van der Waals surface area contributed by atoms with E-state index >= 15 is 0 Å². The summed E-state index contributed by atoms with van der Waals surface area (Å²) in [6, 6.07) is 7.61. The number of nitrogens with zero attached hydrogens (tertiary/aromatic N) is 1. The number of carbonyl (C=O) groups is 1. The van der Waals surface area contributed by atoms with Crippen LogP contribution in [0.3, 0.4) is 0 Å². The molecule has 2 aromatic carbocycles. The number of nitrogens with one attached hydrogen (secondary N) is 2. The molecule has 1 fully saturated rings. The molecule has 0 saturated heterocycles. The number of amides is 1. The van der Waals surface area contributed by atoms with Gasteiger partial charge in [-0.25, -0.2) is 17.8 Å². The molecule has 12 heteroatoms. The summed E-state index contributed by atoms with van der Waals surface area (Å²) < 4.78 is 77.5. The summed E-state index contributed by atoms with van der Waals surface area (Å²) in [6.07, 6.45) is -1.25. The van der Waals surface area contributed by atoms with Crippen molar-refractivity contribution in [2.24, 2.45) is 0 Å². The largest absolute Gasteiger partial charge is 0.433 e. The number of sulfone groups is 1. The predicted octanol–water partition coefficient (Wildman–Crippen LogP) is 5.60. The van der Waals surface area contributed by atoms with E-state index in [4.69, 9.17) is 11.6 Å². The second-order valence-corrected chi connectivity index (χ2v) is 11.2. The molecule has 1 aliphatic rings. The standard InChI is InChI=1S/C24H22ClF4N3O3S/c1-36(34,35)21-8-5-13(9-18(21)25)23(33)31-16-4-2-3-15(11-16)30-20-12-22(24(27,28)29)32-19-7-6-14(26)10-17(19)20/h5-10,12,15-16H,2-4,11H2,1H3,(H,30,32)(H,31,33)/t15-,16+/m0/s1. The predicted molar refractivity (Wildman–Crippen MR) is 128 cm³/mol. The van der Waals surface area contributed by atoms with E-state index < -0.39 is 33.4 Å². The molecule has 1 saturated carbocycles. The Morgan fingerprint density at radius 3 is 2.47 bits per heavy atom. The zero-order chi connectivity index (χ0) is 26.3. The van der Waals surface area contributed by atoms with Gasteiger partial charge in [-0.15, -0.1) is 0 Å². The Bertz CT molecular complexity index is 1430. The molecular formula is C24H22ClF4N3O3S. The lowest BCUT2D eigenvalue weighted by Crippen LogP contribution is -2.41. The number of anilines is 1. The van der Waals surface area contributed by atoms with Crippen LogP contribution in [0, 0.1) is 5.82 Å². The Morgan fingerprint density at radius 1 is 1.08 bits per heavy atom. The molecule has 2 atom stereocenters. The van der Waals surface area contributed by atoms with Crippen LogP contribution in [0.5, 0.6) is 0 Å². The van der Waals surface area contributed by atoms with Gasteiger partial charge in [0.2, 0.25) is 0 Å². The highest BCUT2D eigenvalue weighted by Crippen LogP contribution is 2.35. The van der Waals surface area contributed by atoms with E-state index in [1.54, 1.807) is 0 Å². The van der Waals surface area contributed by atoms with Gasteiger partial charge in [0.1, 0.15) is 11.5 Å². The molecule has 4 rings (SSSR count). The van der Waals surface area contributed by atoms with Gasteiger partial charge in [0.25, 0.3) is 5.91 Å². The van der Waals surface area contributed by atoms with Crippen molar-refractivity contribution in [1.82, 2.24) is 10.3 Å². The number of hydrogen-bond acceptors (Lipinski definition) is 5. The van der Waals surface area contributed by atoms with E-state index in [-0.39, 0.29) is 44.2 Å². The van der Waals surface area contributed by atoms with E-state index in [0.717, 1.165) is 24.5 Å². The molecule has 1 amide bonds. The van der Waals surface area contributed by atoms with E-state index in [1.807, 2.05) is 0 Å². The van der Waals surface area contributed by atoms with Gasteiger partial charge in [-0.3, -0.25) is 4.79 Å². The molecule has 0 spiro atoms. The van der Waals surface area contributed by atoms with Crippen molar-refractivity contribution in [1.29, 1.82) is 0 Å². The minimum atomic E-state index is -4.67. The van der Waals surface area contributed by atoms with Crippen LogP contribution >= 0.6 is 11.6 Å². The van der Waals surface area contributed by atoms with E-state index in [1.165, 1.54) is 24.3 Å². The molecule has 0 radical (unpaired) electrons. The molecule has 1 heterocycles. The van der Waals surface area contributed by atoms with Crippen LogP contribution in [0.25, 0.3) is 10.9 Å². The Hall–Kier alpha value is -2.92. The SMILES string of the molecule is CS(=O)(=O)c1ccc(C(=O)N[C@@H]2CCC[C@H](Nc3cc(C(F)(F)F)nc4ccc(F)cc34)C2)cc1Cl. The number of fused-ring (bicyclic) bond motifs is 1. The fraction of sp³-hybridized carbons (Fsp3) is 0.333. The number of rotatable bonds is 5. The van der Waals surface area contributed by atoms with Crippen LogP contribution in [0.15, 0.2) is 47.4 Å². The molecule has 0 bridgehead atoms. The summed E-state index contributed by atoms with van der Waals surface area (Å²) >= 11 is 6.04. The smallest absolute Gasteiger partial charge is 0.382 e. The Kier molecular flexibility index (Phi) is 7.16. The number of alkyl halides is 3. The third-order valence-corrected chi connectivity index (χ3v) is 7.60. The van der Waals surface area contributed by atoms with Gasteiger partial charge in [0.05, 0.1) is 15.4 Å². The zero-order valence-electron chi connectivity index (χ0n) is 19.0. The Morgan fingerprint density at radius 2 is 1.81 bits per heavy atom. The van der Waals surface area contributed by atoms with Crippen molar-refractivity contribution < 1.29 is 30.8 Å². The van der Waals surface area contributed by atoms with Crippen LogP contribution in [0.2, 0.25) is 5.02 Å². The summed E-state index contributed by atoms with van der Waals surface area (Å²) in [4.78, 5) is 16.3. The molecular weight excluding hydrogens is 522 g/mol. The highest BCUT2D eigenvalue weighted by molar-refractivity contribution is 7.90. The maximum Gasteiger partial charge on any atom is 0.433 e. The first kappa shape index (κ1) is 26.2. The molecule has 6 nitrogen and oxygen atoms in total. The molecule has 1 aliphatic carbocycles. The van der Waals surface area contributed by atoms with Gasteiger partial charge in [-0.05, 0) is 68.1 Å². The highest BCUT2D eigenvalue weighted by Gasteiger charge is 2.34. The Labute approximate surface area is 210 Å². The van der Waals surface area contributed by atoms with Crippen LogP contribution < -0.4 is 10.6 Å². The van der Waals surface area contributed by atoms with Gasteiger partial charge in [0, 0.05) is 35.0 Å². The van der Waals surface area contributed by atoms with Crippen molar-refractivity contribution in [3.63, 3.8) is 0 Å². The third kappa shape index (κ3) is 5.89. The quantitative estimate of drug-likeness (QED) is 0.409. The molecule has 3 aromatic rings. The lowest BCUT2D eigenvalue weighted by atomic mass is 9.90. The van der Waals surface area contributed by atoms with Gasteiger partial charge < -0.3 is 10.6 Å². The average Bonchev–Trinajstić information content (AvgIpc) is 2.78. The maximum absolute atomic E-state index is 13.8. The monoisotopic (exact) mass is 543 g/mol. The van der Waals surface area contributed by atoms with E-state index in [2.05, 4.69) is 15.6 Å². The second-order valence-electron chi connectivity index (χ2n) is 8.81. The lowest BCUT2D eigenvalue weighted by Gasteiger charge is -2.31. The fourth-order valence-electron chi connectivity index (χ4n) is 4.35. The van der Waals surface area contributed by atoms with Crippen molar-refractivity contribution in [2.75, 3.05) is 11.6 Å². The number of halogens is 5. The zero-order valence-corrected chi connectivity index (χ0v) is 20.6. The molecule has 36 heavy (non-hydrogen) atoms. The van der Waals surface area contributed by atoms with Gasteiger partial charge in [-0.1, -0.05) is 11.6 Å². The van der Waals surface area contributed by atoms with Crippen LogP contribution in [-0.4, -0.2) is 37.6 Å². The number of benzene rings is 2. The number of carbonyl (C=O) groups excluding carboxylic acids is 1. The first-order valence-electron chi connectivity index (χ1n) is 11.1. The summed E-state index contributed by atoms with van der Waals surface area (Å²) in [5, 5.41) is 6.14. The van der Waals surface area contributed by atoms with E-state index in [9.17, 15) is 30.8 Å². The van der Waals surface area contributed by atoms with Gasteiger partial charge in [0.15, 0.2) is 9.84 Å². The van der Waals surface area contributed by atoms with Gasteiger partial charge in [-0.2, -0.15) is 13.2 Å². The summed E-state index contributed by atoms with van der Waals surface area (Å²) in [6.45, 7) is 0. The van der Waals surface area contributed by atoms with Crippen molar-refractivity contribution in [3.8, 4) is 0 Å². The van der Waals surface area contributed by atoms with Crippen LogP contribution in [-0.2, 0) is 16.0 Å². The minimum absolute atomic E-state index is 0.0174. The molecule has 192 valence electrons. The third-order valence-electron chi connectivity index (χ3n) is 6.02. The highest BCUT2D eigenvalue weighted by atomic mass is 35.5. The molecule has 2 N–H and O–H groups in total. The lowest BCUT2D eigenvalue weighted by molar-refractivity contribution is -0.140.